The summed E-state index contributed by atoms with van der Waals surface area (Å²) in [4.78, 5) is 0. The number of halogens is 2. The summed E-state index contributed by atoms with van der Waals surface area (Å²) in [5.41, 5.74) is 1.19. The summed E-state index contributed by atoms with van der Waals surface area (Å²) in [5.74, 6) is 0.934. The molecule has 60 valence electrons. The number of rotatable bonds is 1. The molecule has 0 spiro atoms. The van der Waals surface area contributed by atoms with Crippen LogP contribution in [-0.2, 0) is 0 Å². The largest absolute Gasteiger partial charge is 0.496 e. The maximum absolute atomic E-state index is 5.17. The van der Waals surface area contributed by atoms with E-state index in [1.54, 1.807) is 7.11 Å². The summed E-state index contributed by atoms with van der Waals surface area (Å²) in [6, 6.07) is 4.04. The molecule has 0 aliphatic carbocycles. The molecule has 11 heavy (non-hydrogen) atoms. The highest BCUT2D eigenvalue weighted by atomic mass is 127. The molecule has 0 N–H and O–H groups in total. The van der Waals surface area contributed by atoms with Crippen molar-refractivity contribution in [3.05, 3.63) is 25.7 Å². The minimum atomic E-state index is 0.934. The van der Waals surface area contributed by atoms with Crippen molar-refractivity contribution >= 4 is 38.5 Å². The monoisotopic (exact) mass is 326 g/mol. The van der Waals surface area contributed by atoms with Crippen LogP contribution in [0.3, 0.4) is 0 Å². The third kappa shape index (κ3) is 2.08. The minimum Gasteiger partial charge on any atom is -0.496 e. The number of hydrogen-bond acceptors (Lipinski definition) is 1. The van der Waals surface area contributed by atoms with E-state index in [1.165, 1.54) is 9.13 Å². The molecule has 0 unspecified atom stereocenters. The van der Waals surface area contributed by atoms with Gasteiger partial charge in [-0.25, -0.2) is 0 Å². The van der Waals surface area contributed by atoms with Gasteiger partial charge in [-0.3, -0.25) is 0 Å². The van der Waals surface area contributed by atoms with Crippen molar-refractivity contribution < 1.29 is 4.74 Å². The normalized spacial score (nSPS) is 9.82. The summed E-state index contributed by atoms with van der Waals surface area (Å²) in [6.07, 6.45) is 0. The van der Waals surface area contributed by atoms with E-state index in [1.807, 2.05) is 13.0 Å². The molecule has 3 heteroatoms. The zero-order chi connectivity index (χ0) is 8.43. The van der Waals surface area contributed by atoms with Gasteiger partial charge in [-0.2, -0.15) is 0 Å². The van der Waals surface area contributed by atoms with Gasteiger partial charge in [0.25, 0.3) is 0 Å². The average Bonchev–Trinajstić information content (AvgIpc) is 1.96. The highest BCUT2D eigenvalue weighted by Crippen LogP contribution is 2.27. The summed E-state index contributed by atoms with van der Waals surface area (Å²) in [7, 11) is 1.69. The van der Waals surface area contributed by atoms with Gasteiger partial charge in [-0.1, -0.05) is 15.9 Å². The molecule has 0 atom stereocenters. The van der Waals surface area contributed by atoms with Gasteiger partial charge in [0.05, 0.1) is 7.11 Å². The van der Waals surface area contributed by atoms with Gasteiger partial charge in [-0.05, 0) is 41.6 Å². The van der Waals surface area contributed by atoms with Crippen molar-refractivity contribution in [3.63, 3.8) is 0 Å². The van der Waals surface area contributed by atoms with Crippen LogP contribution >= 0.6 is 38.5 Å². The Morgan fingerprint density at radius 3 is 2.64 bits per heavy atom. The molecular weight excluding hydrogens is 319 g/mol. The van der Waals surface area contributed by atoms with Gasteiger partial charge in [0.15, 0.2) is 0 Å². The zero-order valence-electron chi connectivity index (χ0n) is 6.32. The van der Waals surface area contributed by atoms with E-state index in [4.69, 9.17) is 4.74 Å². The van der Waals surface area contributed by atoms with Crippen LogP contribution in [0.2, 0.25) is 0 Å². The lowest BCUT2D eigenvalue weighted by Crippen LogP contribution is -1.89. The third-order valence-corrected chi connectivity index (χ3v) is 3.06. The third-order valence-electron chi connectivity index (χ3n) is 1.48. The quantitative estimate of drug-likeness (QED) is 0.719. The predicted octanol–water partition coefficient (Wildman–Crippen LogP) is 3.37. The van der Waals surface area contributed by atoms with E-state index >= 15 is 0 Å². The molecule has 0 saturated heterocycles. The van der Waals surface area contributed by atoms with Crippen LogP contribution in [0.1, 0.15) is 5.56 Å². The Labute approximate surface area is 88.4 Å². The second kappa shape index (κ2) is 3.76. The molecule has 0 amide bonds. The molecule has 0 fully saturated rings. The van der Waals surface area contributed by atoms with E-state index in [9.17, 15) is 0 Å². The van der Waals surface area contributed by atoms with E-state index in [-0.39, 0.29) is 0 Å². The maximum atomic E-state index is 5.17. The first kappa shape index (κ1) is 9.32. The van der Waals surface area contributed by atoms with Crippen molar-refractivity contribution in [1.29, 1.82) is 0 Å². The Morgan fingerprint density at radius 1 is 1.45 bits per heavy atom. The van der Waals surface area contributed by atoms with Crippen molar-refractivity contribution in [3.8, 4) is 5.75 Å². The highest BCUT2D eigenvalue weighted by molar-refractivity contribution is 14.1. The van der Waals surface area contributed by atoms with Crippen LogP contribution in [0.4, 0.5) is 0 Å². The molecule has 0 aliphatic heterocycles. The van der Waals surface area contributed by atoms with E-state index < -0.39 is 0 Å². The first-order valence-electron chi connectivity index (χ1n) is 3.15. The Bertz CT molecular complexity index is 273. The molecular formula is C8H8BrIO. The fourth-order valence-electron chi connectivity index (χ4n) is 0.834. The lowest BCUT2D eigenvalue weighted by molar-refractivity contribution is 0.411. The van der Waals surface area contributed by atoms with Crippen LogP contribution < -0.4 is 4.74 Å². The zero-order valence-corrected chi connectivity index (χ0v) is 10.1. The Hall–Kier alpha value is 0.230. The molecule has 0 saturated carbocycles. The molecule has 0 radical (unpaired) electrons. The number of benzene rings is 1. The second-order valence-corrected chi connectivity index (χ2v) is 4.29. The summed E-state index contributed by atoms with van der Waals surface area (Å²) in [6.45, 7) is 2.05. The van der Waals surface area contributed by atoms with E-state index in [0.29, 0.717) is 0 Å². The van der Waals surface area contributed by atoms with Crippen molar-refractivity contribution in [2.45, 2.75) is 6.92 Å². The first-order chi connectivity index (χ1) is 5.15. The van der Waals surface area contributed by atoms with Gasteiger partial charge < -0.3 is 4.74 Å². The highest BCUT2D eigenvalue weighted by Gasteiger charge is 2.02. The second-order valence-electron chi connectivity index (χ2n) is 2.21. The predicted molar refractivity (Wildman–Crippen MR) is 58.1 cm³/mol. The maximum Gasteiger partial charge on any atom is 0.123 e. The number of methoxy groups -OCH3 is 1. The molecule has 0 aliphatic rings. The topological polar surface area (TPSA) is 9.23 Å². The lowest BCUT2D eigenvalue weighted by atomic mass is 10.2. The van der Waals surface area contributed by atoms with Crippen molar-refractivity contribution in [1.82, 2.24) is 0 Å². The van der Waals surface area contributed by atoms with Crippen LogP contribution in [-0.4, -0.2) is 7.11 Å². The Morgan fingerprint density at radius 2 is 2.09 bits per heavy atom. The SMILES string of the molecule is COc1cc(Br)cc(I)c1C. The van der Waals surface area contributed by atoms with Crippen LogP contribution in [0.15, 0.2) is 16.6 Å². The molecule has 1 rings (SSSR count). The minimum absolute atomic E-state index is 0.934. The van der Waals surface area contributed by atoms with Gasteiger partial charge in [0.2, 0.25) is 0 Å². The molecule has 1 aromatic rings. The van der Waals surface area contributed by atoms with Crippen LogP contribution in [0.25, 0.3) is 0 Å². The first-order valence-corrected chi connectivity index (χ1v) is 5.02. The van der Waals surface area contributed by atoms with Crippen molar-refractivity contribution in [2.24, 2.45) is 0 Å². The number of ether oxygens (including phenoxy) is 1. The average molecular weight is 327 g/mol. The molecule has 0 bridgehead atoms. The van der Waals surface area contributed by atoms with Gasteiger partial charge in [0, 0.05) is 13.6 Å². The van der Waals surface area contributed by atoms with Crippen molar-refractivity contribution in [2.75, 3.05) is 7.11 Å². The smallest absolute Gasteiger partial charge is 0.123 e. The molecule has 1 aromatic carbocycles. The van der Waals surface area contributed by atoms with Gasteiger partial charge in [0.1, 0.15) is 5.75 Å². The fraction of sp³-hybridized carbons (Fsp3) is 0.250. The van der Waals surface area contributed by atoms with Gasteiger partial charge in [-0.15, -0.1) is 0 Å². The van der Waals surface area contributed by atoms with Crippen LogP contribution in [0, 0.1) is 10.5 Å². The summed E-state index contributed by atoms with van der Waals surface area (Å²) < 4.78 is 7.45. The molecule has 0 heterocycles. The fourth-order valence-corrected chi connectivity index (χ4v) is 2.30. The van der Waals surface area contributed by atoms with Gasteiger partial charge >= 0.3 is 0 Å². The summed E-state index contributed by atoms with van der Waals surface area (Å²) >= 11 is 5.69. The Kier molecular flexibility index (Phi) is 3.18. The Balaban J connectivity index is 3.24. The molecule has 0 aromatic heterocycles. The summed E-state index contributed by atoms with van der Waals surface area (Å²) in [5, 5.41) is 0. The number of hydrogen-bond donors (Lipinski definition) is 0. The van der Waals surface area contributed by atoms with Crippen LogP contribution in [0.5, 0.6) is 5.75 Å². The molecule has 1 nitrogen and oxygen atoms in total. The lowest BCUT2D eigenvalue weighted by Gasteiger charge is -2.06. The van der Waals surface area contributed by atoms with E-state index in [2.05, 4.69) is 44.6 Å². The van der Waals surface area contributed by atoms with E-state index in [0.717, 1.165) is 10.2 Å². The standard InChI is InChI=1S/C8H8BrIO/c1-5-7(10)3-6(9)4-8(5)11-2/h3-4H,1-2H3.